The topological polar surface area (TPSA) is 74.6 Å². The highest BCUT2D eigenvalue weighted by Gasteiger charge is 2.11. The number of carbonyl (C=O) groups excluding carboxylic acids is 2. The van der Waals surface area contributed by atoms with Gasteiger partial charge in [-0.25, -0.2) is 4.79 Å². The van der Waals surface area contributed by atoms with Crippen molar-refractivity contribution in [2.24, 2.45) is 0 Å². The van der Waals surface area contributed by atoms with Gasteiger partial charge >= 0.3 is 6.03 Å². The molecule has 0 spiro atoms. The fourth-order valence-corrected chi connectivity index (χ4v) is 2.26. The molecule has 0 aliphatic rings. The van der Waals surface area contributed by atoms with Crippen LogP contribution in [0.5, 0.6) is 0 Å². The summed E-state index contributed by atoms with van der Waals surface area (Å²) in [6, 6.07) is 8.62. The second-order valence-corrected chi connectivity index (χ2v) is 5.79. The minimum atomic E-state index is -0.266. The SMILES string of the molecule is Cc1c(Cl)cccc1NC(=O)CCNC(=O)N(C)Cc1ccco1. The number of anilines is 1. The van der Waals surface area contributed by atoms with Crippen LogP contribution >= 0.6 is 11.6 Å². The van der Waals surface area contributed by atoms with E-state index in [4.69, 9.17) is 16.0 Å². The van der Waals surface area contributed by atoms with Crippen molar-refractivity contribution in [2.75, 3.05) is 18.9 Å². The van der Waals surface area contributed by atoms with E-state index in [1.807, 2.05) is 6.92 Å². The Kier molecular flexibility index (Phi) is 6.26. The van der Waals surface area contributed by atoms with Crippen molar-refractivity contribution in [2.45, 2.75) is 19.9 Å². The Balaban J connectivity index is 1.74. The summed E-state index contributed by atoms with van der Waals surface area (Å²) in [7, 11) is 1.66. The summed E-state index contributed by atoms with van der Waals surface area (Å²) in [5.74, 6) is 0.510. The zero-order valence-electron chi connectivity index (χ0n) is 13.6. The van der Waals surface area contributed by atoms with Crippen LogP contribution in [0.25, 0.3) is 0 Å². The predicted molar refractivity (Wildman–Crippen MR) is 93.0 cm³/mol. The van der Waals surface area contributed by atoms with Crippen molar-refractivity contribution in [3.05, 3.63) is 52.9 Å². The van der Waals surface area contributed by atoms with E-state index < -0.39 is 0 Å². The zero-order valence-corrected chi connectivity index (χ0v) is 14.4. The predicted octanol–water partition coefficient (Wildman–Crippen LogP) is 3.41. The fourth-order valence-electron chi connectivity index (χ4n) is 2.08. The highest BCUT2D eigenvalue weighted by molar-refractivity contribution is 6.31. The van der Waals surface area contributed by atoms with Crippen molar-refractivity contribution in [1.82, 2.24) is 10.2 Å². The zero-order chi connectivity index (χ0) is 17.5. The van der Waals surface area contributed by atoms with Crippen LogP contribution in [0.1, 0.15) is 17.7 Å². The average molecular weight is 350 g/mol. The summed E-state index contributed by atoms with van der Waals surface area (Å²) in [6.45, 7) is 2.45. The first-order chi connectivity index (χ1) is 11.5. The molecule has 6 nitrogen and oxygen atoms in total. The van der Waals surface area contributed by atoms with Gasteiger partial charge in [-0.15, -0.1) is 0 Å². The van der Waals surface area contributed by atoms with E-state index >= 15 is 0 Å². The molecule has 0 atom stereocenters. The molecule has 0 aliphatic heterocycles. The molecule has 3 amide bonds. The van der Waals surface area contributed by atoms with E-state index in [0.29, 0.717) is 23.0 Å². The normalized spacial score (nSPS) is 10.3. The number of amides is 3. The summed E-state index contributed by atoms with van der Waals surface area (Å²) in [4.78, 5) is 25.4. The minimum Gasteiger partial charge on any atom is -0.467 e. The van der Waals surface area contributed by atoms with Gasteiger partial charge in [0.2, 0.25) is 5.91 Å². The van der Waals surface area contributed by atoms with Gasteiger partial charge in [0.25, 0.3) is 0 Å². The second kappa shape index (κ2) is 8.40. The number of rotatable bonds is 6. The van der Waals surface area contributed by atoms with Crippen LogP contribution in [-0.4, -0.2) is 30.4 Å². The van der Waals surface area contributed by atoms with Gasteiger partial charge < -0.3 is 20.0 Å². The standard InChI is InChI=1S/C17H20ClN3O3/c1-12-14(18)6-3-7-15(12)20-16(22)8-9-19-17(23)21(2)11-13-5-4-10-24-13/h3-7,10H,8-9,11H2,1-2H3,(H,19,23)(H,20,22). The van der Waals surface area contributed by atoms with Crippen LogP contribution in [0.15, 0.2) is 41.0 Å². The van der Waals surface area contributed by atoms with Gasteiger partial charge in [-0.2, -0.15) is 0 Å². The molecule has 0 saturated heterocycles. The molecule has 24 heavy (non-hydrogen) atoms. The number of furan rings is 1. The van der Waals surface area contributed by atoms with E-state index in [1.54, 1.807) is 43.6 Å². The van der Waals surface area contributed by atoms with E-state index in [9.17, 15) is 9.59 Å². The maximum Gasteiger partial charge on any atom is 0.317 e. The minimum absolute atomic E-state index is 0.173. The van der Waals surface area contributed by atoms with Crippen LogP contribution in [0.2, 0.25) is 5.02 Å². The fraction of sp³-hybridized carbons (Fsp3) is 0.294. The van der Waals surface area contributed by atoms with Gasteiger partial charge in [0.1, 0.15) is 5.76 Å². The first kappa shape index (κ1) is 17.9. The second-order valence-electron chi connectivity index (χ2n) is 5.38. The third-order valence-corrected chi connectivity index (χ3v) is 3.90. The van der Waals surface area contributed by atoms with Gasteiger partial charge in [-0.3, -0.25) is 4.79 Å². The Hall–Kier alpha value is -2.47. The largest absolute Gasteiger partial charge is 0.467 e. The summed E-state index contributed by atoms with van der Waals surface area (Å²) >= 11 is 6.01. The molecule has 128 valence electrons. The molecule has 0 bridgehead atoms. The molecular formula is C17H20ClN3O3. The molecule has 0 aliphatic carbocycles. The summed E-state index contributed by atoms with van der Waals surface area (Å²) in [6.07, 6.45) is 1.73. The molecule has 1 aromatic heterocycles. The molecule has 1 aromatic carbocycles. The number of nitrogens with zero attached hydrogens (tertiary/aromatic N) is 1. The average Bonchev–Trinajstić information content (AvgIpc) is 3.04. The monoisotopic (exact) mass is 349 g/mol. The Labute approximate surface area is 145 Å². The third-order valence-electron chi connectivity index (χ3n) is 3.49. The van der Waals surface area contributed by atoms with E-state index in [0.717, 1.165) is 5.56 Å². The third kappa shape index (κ3) is 5.03. The molecule has 0 saturated carbocycles. The molecule has 0 unspecified atom stereocenters. The molecule has 0 fully saturated rings. The van der Waals surface area contributed by atoms with E-state index in [-0.39, 0.29) is 24.9 Å². The lowest BCUT2D eigenvalue weighted by Gasteiger charge is -2.16. The molecular weight excluding hydrogens is 330 g/mol. The number of hydrogen-bond acceptors (Lipinski definition) is 3. The van der Waals surface area contributed by atoms with E-state index in [2.05, 4.69) is 10.6 Å². The number of urea groups is 1. The number of nitrogens with one attached hydrogen (secondary N) is 2. The van der Waals surface area contributed by atoms with Crippen LogP contribution in [-0.2, 0) is 11.3 Å². The van der Waals surface area contributed by atoms with Crippen molar-refractivity contribution >= 4 is 29.2 Å². The number of hydrogen-bond donors (Lipinski definition) is 2. The molecule has 7 heteroatoms. The van der Waals surface area contributed by atoms with Gasteiger partial charge in [-0.1, -0.05) is 17.7 Å². The van der Waals surface area contributed by atoms with Gasteiger partial charge in [0.05, 0.1) is 12.8 Å². The molecule has 0 radical (unpaired) electrons. The van der Waals surface area contributed by atoms with Crippen LogP contribution in [0.4, 0.5) is 10.5 Å². The highest BCUT2D eigenvalue weighted by Crippen LogP contribution is 2.22. The van der Waals surface area contributed by atoms with Crippen LogP contribution < -0.4 is 10.6 Å². The first-order valence-electron chi connectivity index (χ1n) is 7.53. The Morgan fingerprint density at radius 1 is 1.25 bits per heavy atom. The van der Waals surface area contributed by atoms with Gasteiger partial charge in [0, 0.05) is 30.7 Å². The lowest BCUT2D eigenvalue weighted by Crippen LogP contribution is -2.38. The smallest absolute Gasteiger partial charge is 0.317 e. The lowest BCUT2D eigenvalue weighted by molar-refractivity contribution is -0.116. The Morgan fingerprint density at radius 3 is 2.75 bits per heavy atom. The van der Waals surface area contributed by atoms with Gasteiger partial charge in [-0.05, 0) is 36.8 Å². The molecule has 2 rings (SSSR count). The van der Waals surface area contributed by atoms with Gasteiger partial charge in [0.15, 0.2) is 0 Å². The maximum absolute atomic E-state index is 11.9. The summed E-state index contributed by atoms with van der Waals surface area (Å²) < 4.78 is 5.19. The lowest BCUT2D eigenvalue weighted by atomic mass is 10.2. The van der Waals surface area contributed by atoms with E-state index in [1.165, 1.54) is 4.90 Å². The maximum atomic E-state index is 11.9. The van der Waals surface area contributed by atoms with Crippen molar-refractivity contribution in [3.8, 4) is 0 Å². The number of carbonyl (C=O) groups is 2. The Morgan fingerprint density at radius 2 is 2.04 bits per heavy atom. The first-order valence-corrected chi connectivity index (χ1v) is 7.91. The number of halogens is 1. The van der Waals surface area contributed by atoms with Crippen molar-refractivity contribution in [3.63, 3.8) is 0 Å². The van der Waals surface area contributed by atoms with Crippen molar-refractivity contribution in [1.29, 1.82) is 0 Å². The summed E-state index contributed by atoms with van der Waals surface area (Å²) in [5.41, 5.74) is 1.49. The quantitative estimate of drug-likeness (QED) is 0.839. The molecule has 1 heterocycles. The molecule has 2 aromatic rings. The summed E-state index contributed by atoms with van der Waals surface area (Å²) in [5, 5.41) is 6.08. The van der Waals surface area contributed by atoms with Crippen LogP contribution in [0, 0.1) is 6.92 Å². The highest BCUT2D eigenvalue weighted by atomic mass is 35.5. The van der Waals surface area contributed by atoms with Crippen molar-refractivity contribution < 1.29 is 14.0 Å². The molecule has 2 N–H and O–H groups in total. The van der Waals surface area contributed by atoms with Crippen LogP contribution in [0.3, 0.4) is 0 Å². The Bertz CT molecular complexity index is 701. The number of benzene rings is 1.